The van der Waals surface area contributed by atoms with Gasteiger partial charge in [-0.1, -0.05) is 35.0 Å². The molecular formula is C14H13ClN2O2. The molecule has 0 unspecified atom stereocenters. The van der Waals surface area contributed by atoms with E-state index in [1.165, 1.54) is 0 Å². The molecule has 2 aromatic rings. The van der Waals surface area contributed by atoms with Crippen molar-refractivity contribution >= 4 is 17.4 Å². The van der Waals surface area contributed by atoms with Crippen LogP contribution in [0.1, 0.15) is 11.1 Å². The lowest BCUT2D eigenvalue weighted by Gasteiger charge is -2.12. The van der Waals surface area contributed by atoms with Gasteiger partial charge in [0.15, 0.2) is 5.84 Å². The summed E-state index contributed by atoms with van der Waals surface area (Å²) in [6.07, 6.45) is 0. The highest BCUT2D eigenvalue weighted by molar-refractivity contribution is 6.32. The van der Waals surface area contributed by atoms with Gasteiger partial charge in [-0.05, 0) is 36.8 Å². The molecule has 0 aromatic heterocycles. The van der Waals surface area contributed by atoms with E-state index in [-0.39, 0.29) is 5.84 Å². The molecule has 0 aliphatic heterocycles. The number of halogens is 1. The van der Waals surface area contributed by atoms with E-state index in [1.807, 2.05) is 25.1 Å². The van der Waals surface area contributed by atoms with Crippen molar-refractivity contribution in [3.63, 3.8) is 0 Å². The Balaban J connectivity index is 2.44. The molecule has 2 rings (SSSR count). The number of rotatable bonds is 3. The van der Waals surface area contributed by atoms with Crippen molar-refractivity contribution in [1.29, 1.82) is 0 Å². The van der Waals surface area contributed by atoms with Gasteiger partial charge >= 0.3 is 0 Å². The average molecular weight is 277 g/mol. The maximum absolute atomic E-state index is 8.78. The van der Waals surface area contributed by atoms with Crippen molar-refractivity contribution in [2.45, 2.75) is 6.92 Å². The fraction of sp³-hybridized carbons (Fsp3) is 0.0714. The second-order valence-electron chi connectivity index (χ2n) is 4.02. The molecule has 0 spiro atoms. The molecule has 0 aliphatic carbocycles. The standard InChI is InChI=1S/C14H13ClN2O2/c1-9-6-7-10(14(16)17-18)13(8-9)19-12-5-3-2-4-11(12)15/h2-8,18H,1H3,(H2,16,17). The Labute approximate surface area is 116 Å². The minimum Gasteiger partial charge on any atom is -0.455 e. The summed E-state index contributed by atoms with van der Waals surface area (Å²) in [4.78, 5) is 0. The van der Waals surface area contributed by atoms with Gasteiger partial charge in [0.05, 0.1) is 10.6 Å². The van der Waals surface area contributed by atoms with Crippen molar-refractivity contribution in [1.82, 2.24) is 0 Å². The Morgan fingerprint density at radius 3 is 2.63 bits per heavy atom. The molecule has 0 bridgehead atoms. The highest BCUT2D eigenvalue weighted by atomic mass is 35.5. The van der Waals surface area contributed by atoms with Gasteiger partial charge in [-0.3, -0.25) is 0 Å². The number of hydrogen-bond donors (Lipinski definition) is 2. The van der Waals surface area contributed by atoms with Gasteiger partial charge in [-0.25, -0.2) is 0 Å². The smallest absolute Gasteiger partial charge is 0.173 e. The summed E-state index contributed by atoms with van der Waals surface area (Å²) in [6.45, 7) is 1.93. The highest BCUT2D eigenvalue weighted by Crippen LogP contribution is 2.31. The van der Waals surface area contributed by atoms with Crippen LogP contribution >= 0.6 is 11.6 Å². The molecule has 98 valence electrons. The topological polar surface area (TPSA) is 67.8 Å². The molecule has 4 nitrogen and oxygen atoms in total. The van der Waals surface area contributed by atoms with Crippen LogP contribution in [0.15, 0.2) is 47.6 Å². The lowest BCUT2D eigenvalue weighted by molar-refractivity contribution is 0.318. The van der Waals surface area contributed by atoms with E-state index in [0.29, 0.717) is 22.1 Å². The highest BCUT2D eigenvalue weighted by Gasteiger charge is 2.11. The molecule has 0 saturated carbocycles. The Morgan fingerprint density at radius 2 is 1.95 bits per heavy atom. The molecule has 0 atom stereocenters. The molecular weight excluding hydrogens is 264 g/mol. The van der Waals surface area contributed by atoms with E-state index in [2.05, 4.69) is 5.16 Å². The van der Waals surface area contributed by atoms with Crippen molar-refractivity contribution in [2.75, 3.05) is 0 Å². The van der Waals surface area contributed by atoms with Crippen molar-refractivity contribution in [2.24, 2.45) is 10.9 Å². The van der Waals surface area contributed by atoms with Gasteiger partial charge in [0.25, 0.3) is 0 Å². The number of benzene rings is 2. The Morgan fingerprint density at radius 1 is 1.21 bits per heavy atom. The second-order valence-corrected chi connectivity index (χ2v) is 4.42. The lowest BCUT2D eigenvalue weighted by atomic mass is 10.1. The predicted octanol–water partition coefficient (Wildman–Crippen LogP) is 3.54. The number of nitrogens with two attached hydrogens (primary N) is 1. The molecule has 0 radical (unpaired) electrons. The van der Waals surface area contributed by atoms with E-state index in [4.69, 9.17) is 27.3 Å². The van der Waals surface area contributed by atoms with Crippen LogP contribution in [-0.4, -0.2) is 11.0 Å². The first-order valence-corrected chi connectivity index (χ1v) is 6.00. The molecule has 0 aliphatic rings. The number of ether oxygens (including phenoxy) is 1. The van der Waals surface area contributed by atoms with Crippen LogP contribution in [0.25, 0.3) is 0 Å². The normalized spacial score (nSPS) is 11.4. The maximum atomic E-state index is 8.78. The third-order valence-corrected chi connectivity index (χ3v) is 2.89. The minimum atomic E-state index is -0.0120. The maximum Gasteiger partial charge on any atom is 0.173 e. The fourth-order valence-corrected chi connectivity index (χ4v) is 1.80. The first-order chi connectivity index (χ1) is 9.11. The Hall–Kier alpha value is -2.20. The number of aryl methyl sites for hydroxylation is 1. The summed E-state index contributed by atoms with van der Waals surface area (Å²) in [5.74, 6) is 0.993. The van der Waals surface area contributed by atoms with E-state index in [0.717, 1.165) is 5.56 Å². The number of oxime groups is 1. The monoisotopic (exact) mass is 276 g/mol. The van der Waals surface area contributed by atoms with Crippen molar-refractivity contribution in [3.05, 3.63) is 58.6 Å². The third kappa shape index (κ3) is 2.98. The van der Waals surface area contributed by atoms with E-state index in [9.17, 15) is 0 Å². The largest absolute Gasteiger partial charge is 0.455 e. The fourth-order valence-electron chi connectivity index (χ4n) is 1.63. The average Bonchev–Trinajstić information content (AvgIpc) is 2.41. The summed E-state index contributed by atoms with van der Waals surface area (Å²) in [5.41, 5.74) is 7.13. The SMILES string of the molecule is Cc1ccc(C(N)=NO)c(Oc2ccccc2Cl)c1. The molecule has 3 N–H and O–H groups in total. The molecule has 0 fully saturated rings. The molecule has 0 amide bonds. The quantitative estimate of drug-likeness (QED) is 0.390. The first kappa shape index (κ1) is 13.2. The van der Waals surface area contributed by atoms with Gasteiger partial charge in [0.1, 0.15) is 11.5 Å². The van der Waals surface area contributed by atoms with Crippen LogP contribution in [-0.2, 0) is 0 Å². The van der Waals surface area contributed by atoms with E-state index >= 15 is 0 Å². The molecule has 0 saturated heterocycles. The lowest BCUT2D eigenvalue weighted by Crippen LogP contribution is -2.14. The molecule has 2 aromatic carbocycles. The zero-order chi connectivity index (χ0) is 13.8. The number of para-hydroxylation sites is 1. The summed E-state index contributed by atoms with van der Waals surface area (Å²) >= 11 is 6.04. The van der Waals surface area contributed by atoms with Gasteiger partial charge in [-0.2, -0.15) is 0 Å². The van der Waals surface area contributed by atoms with E-state index in [1.54, 1.807) is 24.3 Å². The zero-order valence-electron chi connectivity index (χ0n) is 10.3. The first-order valence-electron chi connectivity index (χ1n) is 5.62. The Kier molecular flexibility index (Phi) is 3.92. The van der Waals surface area contributed by atoms with Crippen molar-refractivity contribution in [3.8, 4) is 11.5 Å². The van der Waals surface area contributed by atoms with Crippen LogP contribution in [0.3, 0.4) is 0 Å². The number of amidine groups is 1. The second kappa shape index (κ2) is 5.63. The van der Waals surface area contributed by atoms with Crippen LogP contribution < -0.4 is 10.5 Å². The predicted molar refractivity (Wildman–Crippen MR) is 75.2 cm³/mol. The minimum absolute atomic E-state index is 0.0120. The van der Waals surface area contributed by atoms with Gasteiger partial charge < -0.3 is 15.7 Å². The van der Waals surface area contributed by atoms with Gasteiger partial charge in [0, 0.05) is 0 Å². The molecule has 5 heteroatoms. The summed E-state index contributed by atoms with van der Waals surface area (Å²) < 4.78 is 5.74. The summed E-state index contributed by atoms with van der Waals surface area (Å²) in [6, 6.07) is 12.5. The van der Waals surface area contributed by atoms with Crippen molar-refractivity contribution < 1.29 is 9.94 Å². The van der Waals surface area contributed by atoms with Crippen LogP contribution in [0, 0.1) is 6.92 Å². The summed E-state index contributed by atoms with van der Waals surface area (Å²) in [7, 11) is 0. The van der Waals surface area contributed by atoms with Crippen LogP contribution in [0.5, 0.6) is 11.5 Å². The number of nitrogens with zero attached hydrogens (tertiary/aromatic N) is 1. The zero-order valence-corrected chi connectivity index (χ0v) is 11.1. The van der Waals surface area contributed by atoms with Crippen LogP contribution in [0.2, 0.25) is 5.02 Å². The van der Waals surface area contributed by atoms with Gasteiger partial charge in [-0.15, -0.1) is 0 Å². The van der Waals surface area contributed by atoms with E-state index < -0.39 is 0 Å². The van der Waals surface area contributed by atoms with Crippen LogP contribution in [0.4, 0.5) is 0 Å². The van der Waals surface area contributed by atoms with Gasteiger partial charge in [0.2, 0.25) is 0 Å². The third-order valence-electron chi connectivity index (χ3n) is 2.58. The number of hydrogen-bond acceptors (Lipinski definition) is 3. The summed E-state index contributed by atoms with van der Waals surface area (Å²) in [5, 5.41) is 12.3. The Bertz CT molecular complexity index is 627. The molecule has 0 heterocycles. The molecule has 19 heavy (non-hydrogen) atoms.